The lowest BCUT2D eigenvalue weighted by Crippen LogP contribution is -2.53. The van der Waals surface area contributed by atoms with Crippen LogP contribution in [0, 0.1) is 22.1 Å². The Bertz CT molecular complexity index is 5720. The van der Waals surface area contributed by atoms with Crippen LogP contribution < -0.4 is 37.9 Å². The zero-order chi connectivity index (χ0) is 89.4. The van der Waals surface area contributed by atoms with Gasteiger partial charge in [0.25, 0.3) is 0 Å². The molecule has 0 saturated carbocycles. The molecule has 8 aliphatic rings. The van der Waals surface area contributed by atoms with Crippen LogP contribution in [0.4, 0.5) is 27.1 Å². The zero-order valence-corrected chi connectivity index (χ0v) is 75.3. The van der Waals surface area contributed by atoms with Crippen LogP contribution in [0.2, 0.25) is 0 Å². The number of carbonyl (C=O) groups excluding carboxylic acids is 1. The minimum atomic E-state index is -3.60. The molecule has 9 heterocycles. The molecule has 126 heavy (non-hydrogen) atoms. The second-order valence-electron chi connectivity index (χ2n) is 34.5. The summed E-state index contributed by atoms with van der Waals surface area (Å²) in [5.74, 6) is 9.30. The molecule has 1 amide bonds. The lowest BCUT2D eigenvalue weighted by molar-refractivity contribution is -0.149. The summed E-state index contributed by atoms with van der Waals surface area (Å²) in [7, 11) is 1.35. The predicted molar refractivity (Wildman–Crippen MR) is 483 cm³/mol. The van der Waals surface area contributed by atoms with E-state index in [0.717, 1.165) is 186 Å². The normalized spacial score (nSPS) is 16.6. The Hall–Kier alpha value is -12.1. The molecule has 0 unspecified atom stereocenters. The molecule has 0 bridgehead atoms. The number of hydrogen-bond donors (Lipinski definition) is 4. The molecule has 664 valence electrons. The molecule has 0 atom stereocenters. The number of carboxylic acids is 2. The SMILES string of the molecule is CC(C)(CN1CCN(C2=Nc3ccccc3Oc3cc(F)ccc32)CC1)C(=O)O.COc1ccc2c(c1)C(N1CCN(CC(C)(C)C(=O)NS(C)(=O)=O)CC1)=Nc1ccccc1O2.COc1ccc2c(c1)C(N1CCN(CC(C)(C)C(=O)O)CC1)=Nc1ccc(Br)cc1O2.COc1ccc2c(c1)C(N1CCN(CC(C)(C)c3nn[nH]n3)CC1)=Nc1ccccc1O2. The molecule has 0 radical (unpaired) electrons. The number of para-hydroxylation sites is 6. The summed E-state index contributed by atoms with van der Waals surface area (Å²) in [6.07, 6.45) is 0.988. The highest BCUT2D eigenvalue weighted by molar-refractivity contribution is 9.10. The van der Waals surface area contributed by atoms with Gasteiger partial charge < -0.3 is 63.0 Å². The number of piperazine rings is 4. The summed E-state index contributed by atoms with van der Waals surface area (Å²) in [4.78, 5) is 73.1. The number of aromatic nitrogens is 4. The van der Waals surface area contributed by atoms with Crippen molar-refractivity contribution in [3.63, 3.8) is 0 Å². The summed E-state index contributed by atoms with van der Waals surface area (Å²) in [5.41, 5.74) is 3.90. The Balaban J connectivity index is 0.000000136. The van der Waals surface area contributed by atoms with Gasteiger partial charge >= 0.3 is 11.9 Å². The number of aliphatic carboxylic acids is 2. The lowest BCUT2D eigenvalue weighted by atomic mass is 9.91. The maximum atomic E-state index is 13.9. The minimum absolute atomic E-state index is 0.179. The van der Waals surface area contributed by atoms with Gasteiger partial charge in [0, 0.05) is 147 Å². The first-order chi connectivity index (χ1) is 60.2. The van der Waals surface area contributed by atoms with Gasteiger partial charge in [-0.25, -0.2) is 32.8 Å². The maximum Gasteiger partial charge on any atom is 0.310 e. The molecule has 17 rings (SSSR count). The summed E-state index contributed by atoms with van der Waals surface area (Å²) < 4.78 is 80.8. The molecule has 34 heteroatoms. The first-order valence-electron chi connectivity index (χ1n) is 41.8. The molecular weight excluding hydrogens is 1700 g/mol. The highest BCUT2D eigenvalue weighted by Crippen LogP contribution is 2.45. The molecule has 31 nitrogen and oxygen atoms in total. The topological polar surface area (TPSA) is 332 Å². The van der Waals surface area contributed by atoms with Crippen molar-refractivity contribution in [1.82, 2.24) is 64.5 Å². The van der Waals surface area contributed by atoms with E-state index in [0.29, 0.717) is 93.3 Å². The number of fused-ring (bicyclic) bond motifs is 8. The molecule has 4 saturated heterocycles. The number of carboxylic acid groups (broad SMARTS) is 2. The fourth-order valence-electron chi connectivity index (χ4n) is 15.9. The predicted octanol–water partition coefficient (Wildman–Crippen LogP) is 13.7. The number of halogens is 2. The van der Waals surface area contributed by atoms with E-state index in [9.17, 15) is 37.4 Å². The van der Waals surface area contributed by atoms with Gasteiger partial charge in [-0.05, 0) is 163 Å². The largest absolute Gasteiger partial charge is 0.497 e. The minimum Gasteiger partial charge on any atom is -0.497 e. The van der Waals surface area contributed by atoms with Gasteiger partial charge in [-0.2, -0.15) is 5.21 Å². The van der Waals surface area contributed by atoms with E-state index in [4.69, 9.17) is 53.1 Å². The van der Waals surface area contributed by atoms with Crippen LogP contribution in [-0.4, -0.2) is 278 Å². The smallest absolute Gasteiger partial charge is 0.310 e. The number of aliphatic imine (C=N–C) groups is 4. The molecular formula is C92H107BrFN17O14S. The number of nitrogens with zero attached hydrogens (tertiary/aromatic N) is 15. The number of H-pyrrole nitrogens is 1. The van der Waals surface area contributed by atoms with Crippen molar-refractivity contribution in [1.29, 1.82) is 0 Å². The van der Waals surface area contributed by atoms with E-state index in [-0.39, 0.29) is 11.2 Å². The standard InChI is InChI=1S/C24H30N4O5S.C23H26BrN3O4.C23H27N7O2.C22H24FN3O3/c1-24(2,23(29)26-34(4,30)31)16-27-11-13-28(14-12-27)22-18-15-17(32-3)9-10-20(18)33-21-8-6-5-7-19(21)25-22;1-23(2,22(28)29)14-26-8-10-27(11-9-26)21-17-13-16(30-3)5-7-19(17)31-20-12-15(24)4-6-18(20)25-21;1-23(2,22-25-27-28-26-22)15-29-10-12-30(13-11-29)21-17-14-16(31-3)8-9-19(17)32-20-7-5-4-6-18(20)24-21;1-22(2,21(27)28)14-25-9-11-26(12-10-25)20-16-8-7-15(23)13-19(16)29-18-6-4-3-5-17(18)24-20/h5-10,15H,11-14,16H2,1-4H3,(H,26,29);4-7,12-13H,8-11,14H2,1-3H3,(H,28,29);4-9,14H,10-13,15H2,1-3H3,(H,25,26,27,28);3-8,13H,9-12,14H2,1-2H3,(H,27,28). The second-order valence-corrected chi connectivity index (χ2v) is 37.2. The van der Waals surface area contributed by atoms with E-state index in [2.05, 4.69) is 94.3 Å². The van der Waals surface area contributed by atoms with E-state index in [1.54, 1.807) is 68.9 Å². The third kappa shape index (κ3) is 21.7. The van der Waals surface area contributed by atoms with Crippen molar-refractivity contribution < 1.29 is 70.6 Å². The number of sulfonamides is 1. The third-order valence-corrected chi connectivity index (χ3v) is 24.0. The van der Waals surface area contributed by atoms with Gasteiger partial charge in [-0.15, -0.1) is 10.2 Å². The number of benzene rings is 8. The number of ether oxygens (including phenoxy) is 7. The molecule has 0 aliphatic carbocycles. The number of amides is 1. The fraction of sp³-hybridized carbons (Fsp3) is 0.391. The van der Waals surface area contributed by atoms with Crippen LogP contribution in [0.25, 0.3) is 0 Å². The third-order valence-electron chi connectivity index (χ3n) is 22.9. The van der Waals surface area contributed by atoms with Gasteiger partial charge in [-0.3, -0.25) is 38.7 Å². The van der Waals surface area contributed by atoms with Crippen LogP contribution in [-0.2, 0) is 29.8 Å². The molecule has 8 aromatic carbocycles. The number of carbonyl (C=O) groups is 3. The monoisotopic (exact) mass is 1800 g/mol. The van der Waals surface area contributed by atoms with Crippen molar-refractivity contribution in [3.8, 4) is 63.2 Å². The summed E-state index contributed by atoms with van der Waals surface area (Å²) >= 11 is 3.50. The Kier molecular flexibility index (Phi) is 27.5. The number of methoxy groups -OCH3 is 3. The molecule has 4 fully saturated rings. The van der Waals surface area contributed by atoms with Crippen molar-refractivity contribution in [2.24, 2.45) is 36.2 Å². The Morgan fingerprint density at radius 2 is 0.778 bits per heavy atom. The molecule has 1 aromatic heterocycles. The number of rotatable bonds is 16. The van der Waals surface area contributed by atoms with Gasteiger partial charge in [0.1, 0.15) is 92.2 Å². The van der Waals surface area contributed by atoms with Crippen LogP contribution in [0.1, 0.15) is 83.5 Å². The fourth-order valence-corrected chi connectivity index (χ4v) is 16.9. The summed E-state index contributed by atoms with van der Waals surface area (Å²) in [5, 5.41) is 33.5. The van der Waals surface area contributed by atoms with E-state index < -0.39 is 44.1 Å². The van der Waals surface area contributed by atoms with Crippen molar-refractivity contribution in [2.45, 2.75) is 60.8 Å². The number of tetrazole rings is 1. The number of amidine groups is 4. The maximum absolute atomic E-state index is 13.9. The van der Waals surface area contributed by atoms with Crippen LogP contribution >= 0.6 is 15.9 Å². The van der Waals surface area contributed by atoms with Gasteiger partial charge in [0.2, 0.25) is 15.9 Å². The van der Waals surface area contributed by atoms with Gasteiger partial charge in [-0.1, -0.05) is 71.4 Å². The van der Waals surface area contributed by atoms with E-state index in [1.807, 2.05) is 146 Å². The number of aromatic amines is 1. The lowest BCUT2D eigenvalue weighted by Gasteiger charge is -2.39. The Labute approximate surface area is 741 Å². The highest BCUT2D eigenvalue weighted by Gasteiger charge is 2.39. The van der Waals surface area contributed by atoms with Crippen molar-refractivity contribution >= 4 is 89.9 Å². The van der Waals surface area contributed by atoms with Crippen molar-refractivity contribution in [3.05, 3.63) is 202 Å². The van der Waals surface area contributed by atoms with Crippen LogP contribution in [0.15, 0.2) is 188 Å². The van der Waals surface area contributed by atoms with Crippen LogP contribution in [0.5, 0.6) is 63.2 Å². The molecule has 4 N–H and O–H groups in total. The average molecular weight is 1810 g/mol. The van der Waals surface area contributed by atoms with Gasteiger partial charge in [0.05, 0.1) is 66.1 Å². The number of hydrogen-bond acceptors (Lipinski definition) is 27. The average Bonchev–Trinajstić information content (AvgIpc) is 1.63. The first-order valence-corrected chi connectivity index (χ1v) is 44.5. The van der Waals surface area contributed by atoms with Crippen LogP contribution in [0.3, 0.4) is 0 Å². The van der Waals surface area contributed by atoms with E-state index >= 15 is 0 Å². The Morgan fingerprint density at radius 1 is 0.429 bits per heavy atom. The zero-order valence-electron chi connectivity index (χ0n) is 72.9. The van der Waals surface area contributed by atoms with Crippen molar-refractivity contribution in [2.75, 3.05) is 158 Å². The molecule has 0 spiro atoms. The quantitative estimate of drug-likeness (QED) is 0.0698. The highest BCUT2D eigenvalue weighted by atomic mass is 79.9. The first kappa shape index (κ1) is 90.2. The Morgan fingerprint density at radius 3 is 1.14 bits per heavy atom. The molecule has 8 aliphatic heterocycles. The second kappa shape index (κ2) is 38.4. The summed E-state index contributed by atoms with van der Waals surface area (Å²) in [6, 6.07) is 50.7. The van der Waals surface area contributed by atoms with E-state index in [1.165, 1.54) is 12.1 Å². The van der Waals surface area contributed by atoms with Gasteiger partial charge in [0.15, 0.2) is 28.8 Å². The number of nitrogens with one attached hydrogen (secondary N) is 2. The molecule has 9 aromatic rings. The summed E-state index contributed by atoms with van der Waals surface area (Å²) in [6.45, 7) is 29.4.